The normalized spacial score (nSPS) is 14.3. The van der Waals surface area contributed by atoms with Gasteiger partial charge in [-0.25, -0.2) is 4.79 Å². The Morgan fingerprint density at radius 2 is 1.93 bits per heavy atom. The zero-order chi connectivity index (χ0) is 11.8. The van der Waals surface area contributed by atoms with Crippen molar-refractivity contribution in [3.05, 3.63) is 0 Å². The van der Waals surface area contributed by atoms with Crippen LogP contribution >= 0.6 is 0 Å². The second-order valence-corrected chi connectivity index (χ2v) is 2.92. The molecule has 0 aliphatic heterocycles. The highest BCUT2D eigenvalue weighted by molar-refractivity contribution is 5.76. The molecule has 0 aromatic carbocycles. The first-order valence-corrected chi connectivity index (χ1v) is 4.67. The summed E-state index contributed by atoms with van der Waals surface area (Å²) in [7, 11) is 0. The fraction of sp³-hybridized carbons (Fsp3) is 0.778. The van der Waals surface area contributed by atoms with Gasteiger partial charge in [0.15, 0.2) is 12.4 Å². The summed E-state index contributed by atoms with van der Waals surface area (Å²) in [5.41, 5.74) is 0. The maximum atomic E-state index is 10.6. The molecule has 15 heavy (non-hydrogen) atoms. The van der Waals surface area contributed by atoms with Crippen LogP contribution in [0, 0.1) is 0 Å². The number of carbonyl (C=O) groups is 2. The lowest BCUT2D eigenvalue weighted by atomic mass is 10.2. The van der Waals surface area contributed by atoms with Crippen LogP contribution in [0.25, 0.3) is 0 Å². The molecule has 6 heteroatoms. The molecule has 0 aromatic heterocycles. The molecule has 0 aromatic rings. The topological polar surface area (TPSA) is 93.1 Å². The Labute approximate surface area is 87.8 Å². The van der Waals surface area contributed by atoms with Crippen molar-refractivity contribution < 1.29 is 29.3 Å². The maximum Gasteiger partial charge on any atom is 0.345 e. The second-order valence-electron chi connectivity index (χ2n) is 2.92. The van der Waals surface area contributed by atoms with Crippen molar-refractivity contribution in [3.8, 4) is 0 Å². The monoisotopic (exact) mass is 220 g/mol. The van der Waals surface area contributed by atoms with E-state index in [4.69, 9.17) is 14.9 Å². The van der Waals surface area contributed by atoms with Crippen molar-refractivity contribution in [1.29, 1.82) is 0 Å². The van der Waals surface area contributed by atoms with Gasteiger partial charge in [0.25, 0.3) is 0 Å². The number of aliphatic carboxylic acids is 1. The van der Waals surface area contributed by atoms with Gasteiger partial charge in [0.1, 0.15) is 0 Å². The number of carbonyl (C=O) groups excluding carboxylic acids is 1. The lowest BCUT2D eigenvalue weighted by Gasteiger charge is -2.15. The summed E-state index contributed by atoms with van der Waals surface area (Å²) >= 11 is 0. The van der Waals surface area contributed by atoms with E-state index in [-0.39, 0.29) is 12.8 Å². The predicted octanol–water partition coefficient (Wildman–Crippen LogP) is 0.138. The first-order valence-electron chi connectivity index (χ1n) is 4.67. The van der Waals surface area contributed by atoms with E-state index in [9.17, 15) is 9.59 Å². The summed E-state index contributed by atoms with van der Waals surface area (Å²) in [4.78, 5) is 21.2. The van der Waals surface area contributed by atoms with Crippen LogP contribution in [0.5, 0.6) is 0 Å². The molecule has 0 radical (unpaired) electrons. The lowest BCUT2D eigenvalue weighted by molar-refractivity contribution is -0.165. The fourth-order valence-electron chi connectivity index (χ4n) is 1.00. The van der Waals surface area contributed by atoms with E-state index < -0.39 is 24.3 Å². The minimum atomic E-state index is -1.23. The Morgan fingerprint density at radius 3 is 2.33 bits per heavy atom. The average Bonchev–Trinajstić information content (AvgIpc) is 2.11. The molecule has 0 saturated carbocycles. The van der Waals surface area contributed by atoms with Gasteiger partial charge in [-0.15, -0.1) is 0 Å². The molecule has 0 saturated heterocycles. The van der Waals surface area contributed by atoms with Gasteiger partial charge >= 0.3 is 11.9 Å². The fourth-order valence-corrected chi connectivity index (χ4v) is 1.00. The van der Waals surface area contributed by atoms with Crippen molar-refractivity contribution in [3.63, 3.8) is 0 Å². The van der Waals surface area contributed by atoms with Gasteiger partial charge < -0.3 is 19.7 Å². The Hall–Kier alpha value is -1.14. The number of esters is 1. The first kappa shape index (κ1) is 13.9. The summed E-state index contributed by atoms with van der Waals surface area (Å²) in [6.45, 7) is 3.19. The smallest absolute Gasteiger partial charge is 0.345 e. The number of hydrogen-bond donors (Lipinski definition) is 2. The van der Waals surface area contributed by atoms with Gasteiger partial charge in [-0.05, 0) is 6.92 Å². The molecule has 0 spiro atoms. The van der Waals surface area contributed by atoms with Gasteiger partial charge in [0.05, 0.1) is 0 Å². The first-order chi connectivity index (χ1) is 6.97. The quantitative estimate of drug-likeness (QED) is 0.468. The molecule has 0 aliphatic carbocycles. The second kappa shape index (κ2) is 7.19. The largest absolute Gasteiger partial charge is 0.479 e. The molecular weight excluding hydrogens is 204 g/mol. The van der Waals surface area contributed by atoms with Crippen LogP contribution in [-0.2, 0) is 19.1 Å². The Morgan fingerprint density at radius 1 is 1.33 bits per heavy atom. The van der Waals surface area contributed by atoms with E-state index >= 15 is 0 Å². The number of carboxylic acid groups (broad SMARTS) is 1. The summed E-state index contributed by atoms with van der Waals surface area (Å²) < 4.78 is 9.33. The molecule has 0 heterocycles. The molecule has 0 bridgehead atoms. The van der Waals surface area contributed by atoms with Crippen LogP contribution < -0.4 is 0 Å². The number of hydrogen-bond acceptors (Lipinski definition) is 5. The van der Waals surface area contributed by atoms with Crippen LogP contribution in [-0.4, -0.2) is 41.2 Å². The third kappa shape index (κ3) is 6.87. The van der Waals surface area contributed by atoms with Gasteiger partial charge in [0, 0.05) is 26.4 Å². The zero-order valence-electron chi connectivity index (χ0n) is 8.80. The molecule has 0 fully saturated rings. The Balaban J connectivity index is 3.96. The molecule has 0 rings (SSSR count). The van der Waals surface area contributed by atoms with Crippen molar-refractivity contribution in [2.75, 3.05) is 6.61 Å². The molecule has 0 unspecified atom stereocenters. The van der Waals surface area contributed by atoms with Gasteiger partial charge in [-0.1, -0.05) is 0 Å². The van der Waals surface area contributed by atoms with Crippen LogP contribution in [0.1, 0.15) is 26.7 Å². The average molecular weight is 220 g/mol. The highest BCUT2D eigenvalue weighted by Crippen LogP contribution is 2.07. The molecule has 0 aliphatic rings. The van der Waals surface area contributed by atoms with Gasteiger partial charge in [-0.2, -0.15) is 0 Å². The minimum Gasteiger partial charge on any atom is -0.479 e. The van der Waals surface area contributed by atoms with Crippen molar-refractivity contribution in [2.24, 2.45) is 0 Å². The third-order valence-corrected chi connectivity index (χ3v) is 1.62. The number of rotatable bonds is 7. The van der Waals surface area contributed by atoms with Crippen molar-refractivity contribution >= 4 is 11.9 Å². The standard InChI is InChI=1S/C9H16O6/c1-3-14-8(11)5-4-7(9(12)13)15-6(2)10/h7-8,11H,3-5H2,1-2H3,(H,12,13)/t7-,8-/m1/s1. The summed E-state index contributed by atoms with van der Waals surface area (Å²) in [5, 5.41) is 17.8. The van der Waals surface area contributed by atoms with Gasteiger partial charge in [0.2, 0.25) is 0 Å². The molecule has 2 N–H and O–H groups in total. The van der Waals surface area contributed by atoms with E-state index in [1.807, 2.05) is 0 Å². The number of aliphatic hydroxyl groups is 1. The minimum absolute atomic E-state index is 0.0239. The zero-order valence-corrected chi connectivity index (χ0v) is 8.80. The van der Waals surface area contributed by atoms with E-state index in [1.54, 1.807) is 6.92 Å². The summed E-state index contributed by atoms with van der Waals surface area (Å²) in [6, 6.07) is 0. The van der Waals surface area contributed by atoms with E-state index in [1.165, 1.54) is 0 Å². The summed E-state index contributed by atoms with van der Waals surface area (Å²) in [5.74, 6) is -1.89. The SMILES string of the molecule is CCO[C@@H](O)CC[C@@H](OC(C)=O)C(=O)O. The third-order valence-electron chi connectivity index (χ3n) is 1.62. The van der Waals surface area contributed by atoms with Crippen LogP contribution in [0.15, 0.2) is 0 Å². The molecule has 2 atom stereocenters. The summed E-state index contributed by atoms with van der Waals surface area (Å²) in [6.07, 6.45) is -2.11. The highest BCUT2D eigenvalue weighted by Gasteiger charge is 2.21. The van der Waals surface area contributed by atoms with Crippen molar-refractivity contribution in [1.82, 2.24) is 0 Å². The van der Waals surface area contributed by atoms with E-state index in [0.717, 1.165) is 6.92 Å². The van der Waals surface area contributed by atoms with Crippen LogP contribution in [0.3, 0.4) is 0 Å². The van der Waals surface area contributed by atoms with Crippen LogP contribution in [0.4, 0.5) is 0 Å². The predicted molar refractivity (Wildman–Crippen MR) is 50.1 cm³/mol. The Bertz CT molecular complexity index is 215. The Kier molecular flexibility index (Phi) is 6.64. The number of carboxylic acids is 1. The van der Waals surface area contributed by atoms with E-state index in [2.05, 4.69) is 4.74 Å². The maximum absolute atomic E-state index is 10.6. The number of aliphatic hydroxyl groups excluding tert-OH is 1. The number of ether oxygens (including phenoxy) is 2. The molecular formula is C9H16O6. The molecule has 0 amide bonds. The molecule has 6 nitrogen and oxygen atoms in total. The lowest BCUT2D eigenvalue weighted by Crippen LogP contribution is -2.27. The van der Waals surface area contributed by atoms with E-state index in [0.29, 0.717) is 6.61 Å². The van der Waals surface area contributed by atoms with Crippen LogP contribution in [0.2, 0.25) is 0 Å². The molecule has 88 valence electrons. The highest BCUT2D eigenvalue weighted by atomic mass is 16.6. The van der Waals surface area contributed by atoms with Crippen molar-refractivity contribution in [2.45, 2.75) is 39.1 Å². The van der Waals surface area contributed by atoms with Gasteiger partial charge in [-0.3, -0.25) is 4.79 Å².